The molecule has 7 heteroatoms. The zero-order valence-electron chi connectivity index (χ0n) is 9.85. The van der Waals surface area contributed by atoms with Gasteiger partial charge in [0, 0.05) is 18.8 Å². The van der Waals surface area contributed by atoms with E-state index >= 15 is 0 Å². The lowest BCUT2D eigenvalue weighted by molar-refractivity contribution is -0.141. The van der Waals surface area contributed by atoms with Crippen LogP contribution in [0.3, 0.4) is 0 Å². The van der Waals surface area contributed by atoms with Crippen LogP contribution >= 0.6 is 11.8 Å². The van der Waals surface area contributed by atoms with E-state index in [1.165, 1.54) is 6.20 Å². The number of carbonyl (C=O) groups is 1. The van der Waals surface area contributed by atoms with Crippen LogP contribution in [0.4, 0.5) is 18.0 Å². The number of carbonyl (C=O) groups excluding carboxylic acids is 1. The van der Waals surface area contributed by atoms with Crippen molar-refractivity contribution in [2.24, 2.45) is 0 Å². The van der Waals surface area contributed by atoms with Crippen molar-refractivity contribution in [1.29, 1.82) is 0 Å². The summed E-state index contributed by atoms with van der Waals surface area (Å²) in [6.07, 6.45) is -1.50. The van der Waals surface area contributed by atoms with Crippen LogP contribution < -0.4 is 0 Å². The van der Waals surface area contributed by atoms with Crippen LogP contribution in [0, 0.1) is 0 Å². The Balaban J connectivity index is 1.93. The standard InChI is InChI=1S/C12H11F3N2OS/c13-12(14,15)9-6-7(3-4-16-9)10-8-2-1-5-17(8)11(18)19-10/h3-4,6,8,10H,1-2,5H2. The predicted octanol–water partition coefficient (Wildman–Crippen LogP) is 3.47. The van der Waals surface area contributed by atoms with E-state index in [0.717, 1.165) is 30.7 Å². The third kappa shape index (κ3) is 2.20. The molecule has 3 heterocycles. The van der Waals surface area contributed by atoms with Crippen molar-refractivity contribution in [3.8, 4) is 0 Å². The molecule has 0 N–H and O–H groups in total. The van der Waals surface area contributed by atoms with Crippen molar-refractivity contribution in [1.82, 2.24) is 9.88 Å². The van der Waals surface area contributed by atoms with Gasteiger partial charge in [-0.15, -0.1) is 0 Å². The molecule has 1 aromatic heterocycles. The van der Waals surface area contributed by atoms with Crippen LogP contribution in [0.5, 0.6) is 0 Å². The number of halogens is 3. The van der Waals surface area contributed by atoms with E-state index in [-0.39, 0.29) is 16.5 Å². The Bertz CT molecular complexity index is 520. The normalized spacial score (nSPS) is 26.9. The topological polar surface area (TPSA) is 33.2 Å². The van der Waals surface area contributed by atoms with Crippen molar-refractivity contribution in [2.45, 2.75) is 30.3 Å². The zero-order valence-corrected chi connectivity index (χ0v) is 10.7. The number of fused-ring (bicyclic) bond motifs is 1. The van der Waals surface area contributed by atoms with Crippen molar-refractivity contribution in [3.05, 3.63) is 29.6 Å². The lowest BCUT2D eigenvalue weighted by Gasteiger charge is -2.19. The molecule has 2 unspecified atom stereocenters. The maximum absolute atomic E-state index is 12.7. The van der Waals surface area contributed by atoms with Crippen LogP contribution in [0.1, 0.15) is 29.3 Å². The number of hydrogen-bond donors (Lipinski definition) is 0. The van der Waals surface area contributed by atoms with Crippen molar-refractivity contribution < 1.29 is 18.0 Å². The highest BCUT2D eigenvalue weighted by Crippen LogP contribution is 2.47. The summed E-state index contributed by atoms with van der Waals surface area (Å²) >= 11 is 1.12. The average molecular weight is 288 g/mol. The summed E-state index contributed by atoms with van der Waals surface area (Å²) in [6.45, 7) is 0.713. The quantitative estimate of drug-likeness (QED) is 0.793. The zero-order chi connectivity index (χ0) is 13.6. The second-order valence-electron chi connectivity index (χ2n) is 4.68. The predicted molar refractivity (Wildman–Crippen MR) is 64.7 cm³/mol. The van der Waals surface area contributed by atoms with Gasteiger partial charge in [0.2, 0.25) is 0 Å². The molecule has 2 fully saturated rings. The lowest BCUT2D eigenvalue weighted by atomic mass is 10.0. The number of aromatic nitrogens is 1. The van der Waals surface area contributed by atoms with Crippen LogP contribution in [0.15, 0.2) is 18.3 Å². The molecular formula is C12H11F3N2OS. The molecule has 0 aromatic carbocycles. The summed E-state index contributed by atoms with van der Waals surface area (Å²) in [7, 11) is 0. The molecule has 0 bridgehead atoms. The van der Waals surface area contributed by atoms with E-state index in [1.807, 2.05) is 0 Å². The van der Waals surface area contributed by atoms with Gasteiger partial charge in [0.25, 0.3) is 5.24 Å². The minimum Gasteiger partial charge on any atom is -0.329 e. The molecule has 0 saturated carbocycles. The molecule has 0 radical (unpaired) electrons. The average Bonchev–Trinajstić information content (AvgIpc) is 2.93. The fourth-order valence-electron chi connectivity index (χ4n) is 2.66. The molecule has 2 aliphatic heterocycles. The Hall–Kier alpha value is -1.24. The summed E-state index contributed by atoms with van der Waals surface area (Å²) in [6, 6.07) is 2.66. The molecule has 0 spiro atoms. The number of alkyl halides is 3. The van der Waals surface area contributed by atoms with Crippen LogP contribution in [0.25, 0.3) is 0 Å². The maximum Gasteiger partial charge on any atom is 0.433 e. The Morgan fingerprint density at radius 2 is 2.21 bits per heavy atom. The Kier molecular flexibility index (Phi) is 2.96. The molecule has 1 amide bonds. The first-order valence-electron chi connectivity index (χ1n) is 5.97. The second-order valence-corrected chi connectivity index (χ2v) is 5.77. The third-order valence-electron chi connectivity index (χ3n) is 3.51. The fourth-order valence-corrected chi connectivity index (χ4v) is 3.96. The lowest BCUT2D eigenvalue weighted by Crippen LogP contribution is -2.27. The van der Waals surface area contributed by atoms with Gasteiger partial charge in [-0.25, -0.2) is 0 Å². The molecule has 0 aliphatic carbocycles. The molecular weight excluding hydrogens is 277 g/mol. The number of amides is 1. The van der Waals surface area contributed by atoms with Gasteiger partial charge >= 0.3 is 6.18 Å². The molecule has 2 atom stereocenters. The van der Waals surface area contributed by atoms with E-state index < -0.39 is 11.9 Å². The van der Waals surface area contributed by atoms with Crippen LogP contribution in [-0.4, -0.2) is 27.7 Å². The van der Waals surface area contributed by atoms with E-state index in [1.54, 1.807) is 11.0 Å². The first kappa shape index (κ1) is 12.8. The van der Waals surface area contributed by atoms with E-state index in [4.69, 9.17) is 0 Å². The van der Waals surface area contributed by atoms with Gasteiger partial charge < -0.3 is 4.90 Å². The third-order valence-corrected chi connectivity index (χ3v) is 4.79. The molecule has 3 rings (SSSR count). The van der Waals surface area contributed by atoms with Gasteiger partial charge in [-0.3, -0.25) is 9.78 Å². The summed E-state index contributed by atoms with van der Waals surface area (Å²) < 4.78 is 38.0. The van der Waals surface area contributed by atoms with Gasteiger partial charge in [-0.05, 0) is 30.5 Å². The number of rotatable bonds is 1. The number of nitrogens with zero attached hydrogens (tertiary/aromatic N) is 2. The summed E-state index contributed by atoms with van der Waals surface area (Å²) in [4.78, 5) is 16.9. The number of pyridine rings is 1. The minimum atomic E-state index is -4.45. The highest BCUT2D eigenvalue weighted by Gasteiger charge is 2.44. The van der Waals surface area contributed by atoms with Gasteiger partial charge in [-0.1, -0.05) is 11.8 Å². The van der Waals surface area contributed by atoms with Gasteiger partial charge in [0.05, 0.1) is 5.25 Å². The molecule has 1 aromatic rings. The van der Waals surface area contributed by atoms with Gasteiger partial charge in [-0.2, -0.15) is 13.2 Å². The molecule has 102 valence electrons. The molecule has 19 heavy (non-hydrogen) atoms. The SMILES string of the molecule is O=C1SC(c2ccnc(C(F)(F)F)c2)C2CCCN12. The smallest absolute Gasteiger partial charge is 0.329 e. The van der Waals surface area contributed by atoms with E-state index in [2.05, 4.69) is 4.98 Å². The van der Waals surface area contributed by atoms with Crippen molar-refractivity contribution in [3.63, 3.8) is 0 Å². The monoisotopic (exact) mass is 288 g/mol. The minimum absolute atomic E-state index is 0.0287. The molecule has 3 nitrogen and oxygen atoms in total. The maximum atomic E-state index is 12.7. The summed E-state index contributed by atoms with van der Waals surface area (Å²) in [5.41, 5.74) is -0.357. The Morgan fingerprint density at radius 3 is 2.95 bits per heavy atom. The summed E-state index contributed by atoms with van der Waals surface area (Å²) in [5, 5.41) is -0.239. The van der Waals surface area contributed by atoms with E-state index in [0.29, 0.717) is 12.1 Å². The fraction of sp³-hybridized carbons (Fsp3) is 0.500. The first-order chi connectivity index (χ1) is 8.97. The largest absolute Gasteiger partial charge is 0.433 e. The van der Waals surface area contributed by atoms with Crippen molar-refractivity contribution in [2.75, 3.05) is 6.54 Å². The highest BCUT2D eigenvalue weighted by molar-refractivity contribution is 8.14. The molecule has 2 aliphatic rings. The van der Waals surface area contributed by atoms with Crippen LogP contribution in [0.2, 0.25) is 0 Å². The Labute approximate surface area is 112 Å². The second kappa shape index (κ2) is 4.40. The van der Waals surface area contributed by atoms with Crippen LogP contribution in [-0.2, 0) is 6.18 Å². The van der Waals surface area contributed by atoms with Gasteiger partial charge in [0.1, 0.15) is 5.69 Å². The summed E-state index contributed by atoms with van der Waals surface area (Å²) in [5.74, 6) is 0. The molecule has 2 saturated heterocycles. The van der Waals surface area contributed by atoms with Crippen molar-refractivity contribution >= 4 is 17.0 Å². The Morgan fingerprint density at radius 1 is 1.42 bits per heavy atom. The van der Waals surface area contributed by atoms with E-state index in [9.17, 15) is 18.0 Å². The number of thioether (sulfide) groups is 1. The highest BCUT2D eigenvalue weighted by atomic mass is 32.2. The first-order valence-corrected chi connectivity index (χ1v) is 6.85. The number of hydrogen-bond acceptors (Lipinski definition) is 3. The van der Waals surface area contributed by atoms with Gasteiger partial charge in [0.15, 0.2) is 0 Å².